The lowest BCUT2D eigenvalue weighted by Crippen LogP contribution is -2.36. The topological polar surface area (TPSA) is 95.6 Å². The fraction of sp³-hybridized carbons (Fsp3) is 0.429. The van der Waals surface area contributed by atoms with Crippen molar-refractivity contribution in [2.24, 2.45) is 5.92 Å². The highest BCUT2D eigenvalue weighted by Crippen LogP contribution is 2.36. The molecule has 0 aromatic heterocycles. The Labute approximate surface area is 169 Å². The molecule has 1 aliphatic carbocycles. The second-order valence-corrected chi connectivity index (χ2v) is 9.94. The zero-order chi connectivity index (χ0) is 20.2. The third-order valence-electron chi connectivity index (χ3n) is 6.35. The fourth-order valence-corrected chi connectivity index (χ4v) is 6.23. The van der Waals surface area contributed by atoms with Crippen LogP contribution < -0.4 is 10.0 Å². The third kappa shape index (κ3) is 3.11. The van der Waals surface area contributed by atoms with E-state index in [9.17, 15) is 18.0 Å². The number of sulfonamides is 1. The Bertz CT molecular complexity index is 1120. The van der Waals surface area contributed by atoms with Crippen LogP contribution in [0.2, 0.25) is 0 Å². The van der Waals surface area contributed by atoms with E-state index in [0.29, 0.717) is 41.0 Å². The highest BCUT2D eigenvalue weighted by Gasteiger charge is 2.36. The van der Waals surface area contributed by atoms with Gasteiger partial charge in [0.2, 0.25) is 15.9 Å². The van der Waals surface area contributed by atoms with E-state index in [1.165, 1.54) is 6.07 Å². The molecular weight excluding hydrogens is 390 g/mol. The molecule has 3 aliphatic rings. The first-order chi connectivity index (χ1) is 13.9. The molecule has 2 aromatic rings. The van der Waals surface area contributed by atoms with Gasteiger partial charge in [-0.25, -0.2) is 13.1 Å². The van der Waals surface area contributed by atoms with Crippen molar-refractivity contribution in [1.82, 2.24) is 9.62 Å². The smallest absolute Gasteiger partial charge is 0.256 e. The van der Waals surface area contributed by atoms with Gasteiger partial charge in [0.25, 0.3) is 5.91 Å². The van der Waals surface area contributed by atoms with Crippen LogP contribution in [0.15, 0.2) is 35.2 Å². The first-order valence-corrected chi connectivity index (χ1v) is 11.6. The van der Waals surface area contributed by atoms with Gasteiger partial charge in [-0.15, -0.1) is 0 Å². The Morgan fingerprint density at radius 2 is 1.90 bits per heavy atom. The van der Waals surface area contributed by atoms with E-state index in [2.05, 4.69) is 10.0 Å². The second-order valence-electron chi connectivity index (χ2n) is 8.20. The van der Waals surface area contributed by atoms with Gasteiger partial charge >= 0.3 is 0 Å². The van der Waals surface area contributed by atoms with Crippen LogP contribution in [-0.2, 0) is 14.8 Å². The lowest BCUT2D eigenvalue weighted by molar-refractivity contribution is -0.129. The molecule has 2 aliphatic heterocycles. The van der Waals surface area contributed by atoms with Gasteiger partial charge in [0.1, 0.15) is 0 Å². The summed E-state index contributed by atoms with van der Waals surface area (Å²) in [5.74, 6) is -0.0986. The Morgan fingerprint density at radius 3 is 2.69 bits per heavy atom. The summed E-state index contributed by atoms with van der Waals surface area (Å²) in [6, 6.07) is 8.59. The summed E-state index contributed by atoms with van der Waals surface area (Å²) in [7, 11) is -3.77. The summed E-state index contributed by atoms with van der Waals surface area (Å²) in [6.07, 6.45) is 4.82. The van der Waals surface area contributed by atoms with Crippen LogP contribution >= 0.6 is 0 Å². The average molecular weight is 413 g/mol. The molecule has 5 rings (SSSR count). The van der Waals surface area contributed by atoms with E-state index < -0.39 is 10.0 Å². The predicted molar refractivity (Wildman–Crippen MR) is 109 cm³/mol. The molecule has 29 heavy (non-hydrogen) atoms. The number of benzene rings is 2. The molecule has 2 fully saturated rings. The molecular formula is C21H23N3O4S. The Balaban J connectivity index is 1.36. The zero-order valence-electron chi connectivity index (χ0n) is 16.0. The monoisotopic (exact) mass is 413 g/mol. The lowest BCUT2D eigenvalue weighted by Gasteiger charge is -2.24. The number of rotatable bonds is 5. The molecule has 2 aromatic carbocycles. The van der Waals surface area contributed by atoms with Gasteiger partial charge in [0.15, 0.2) is 0 Å². The van der Waals surface area contributed by atoms with Crippen molar-refractivity contribution in [2.75, 3.05) is 18.4 Å². The van der Waals surface area contributed by atoms with Crippen molar-refractivity contribution in [3.8, 4) is 0 Å². The molecule has 1 saturated heterocycles. The number of hydrogen-bond acceptors (Lipinski definition) is 4. The number of nitrogens with zero attached hydrogens (tertiary/aromatic N) is 1. The summed E-state index contributed by atoms with van der Waals surface area (Å²) in [5.41, 5.74) is 1.12. The first kappa shape index (κ1) is 18.6. The fourth-order valence-electron chi connectivity index (χ4n) is 4.92. The Kier molecular flexibility index (Phi) is 4.36. The van der Waals surface area contributed by atoms with Gasteiger partial charge in [0.05, 0.1) is 4.90 Å². The van der Waals surface area contributed by atoms with E-state index in [4.69, 9.17) is 0 Å². The number of likely N-dealkylation sites (tertiary alicyclic amines) is 1. The lowest BCUT2D eigenvalue weighted by atomic mass is 10.1. The number of nitrogens with one attached hydrogen (secondary N) is 2. The van der Waals surface area contributed by atoms with Crippen LogP contribution in [0.5, 0.6) is 0 Å². The van der Waals surface area contributed by atoms with Crippen molar-refractivity contribution in [2.45, 2.75) is 43.0 Å². The molecule has 0 unspecified atom stereocenters. The van der Waals surface area contributed by atoms with E-state index in [1.807, 2.05) is 4.90 Å². The van der Waals surface area contributed by atoms with Crippen LogP contribution in [0.1, 0.15) is 42.5 Å². The molecule has 2 N–H and O–H groups in total. The van der Waals surface area contributed by atoms with Crippen LogP contribution in [0.25, 0.3) is 10.8 Å². The standard InChI is InChI=1S/C21H23N3O4S/c25-19-10-13(12-24(19)14-4-1-2-5-14)11-22-29(27,28)18-9-8-17-20-15(18)6-3-7-16(20)21(26)23-17/h3,6-9,13-14,22H,1-2,4-5,10-12H2,(H,23,26)/t13-/m1/s1. The van der Waals surface area contributed by atoms with Gasteiger partial charge in [-0.05, 0) is 37.0 Å². The molecule has 1 saturated carbocycles. The van der Waals surface area contributed by atoms with Crippen molar-refractivity contribution in [3.05, 3.63) is 35.9 Å². The Hall–Kier alpha value is -2.45. The Morgan fingerprint density at radius 1 is 1.10 bits per heavy atom. The molecule has 0 spiro atoms. The van der Waals surface area contributed by atoms with Crippen molar-refractivity contribution in [1.29, 1.82) is 0 Å². The zero-order valence-corrected chi connectivity index (χ0v) is 16.8. The molecule has 0 bridgehead atoms. The first-order valence-electron chi connectivity index (χ1n) is 10.1. The number of amides is 2. The molecule has 2 heterocycles. The minimum absolute atomic E-state index is 0.0158. The third-order valence-corrected chi connectivity index (χ3v) is 7.83. The van der Waals surface area contributed by atoms with Crippen LogP contribution in [-0.4, -0.2) is 44.3 Å². The van der Waals surface area contributed by atoms with E-state index in [-0.39, 0.29) is 29.2 Å². The van der Waals surface area contributed by atoms with Gasteiger partial charge in [-0.1, -0.05) is 25.0 Å². The average Bonchev–Trinajstić information content (AvgIpc) is 3.41. The number of carbonyl (C=O) groups excluding carboxylic acids is 2. The molecule has 1 atom stereocenters. The SMILES string of the molecule is O=C1Nc2ccc(S(=O)(=O)NC[C@H]3CC(=O)N(C4CCCC4)C3)c3cccc1c23. The molecule has 2 amide bonds. The van der Waals surface area contributed by atoms with Crippen LogP contribution in [0.3, 0.4) is 0 Å². The highest BCUT2D eigenvalue weighted by molar-refractivity contribution is 7.89. The summed E-state index contributed by atoms with van der Waals surface area (Å²) >= 11 is 0. The van der Waals surface area contributed by atoms with E-state index in [1.54, 1.807) is 24.3 Å². The van der Waals surface area contributed by atoms with Gasteiger partial charge in [-0.3, -0.25) is 9.59 Å². The van der Waals surface area contributed by atoms with Crippen LogP contribution in [0.4, 0.5) is 5.69 Å². The van der Waals surface area contributed by atoms with Gasteiger partial charge in [0, 0.05) is 47.6 Å². The largest absolute Gasteiger partial charge is 0.339 e. The number of anilines is 1. The van der Waals surface area contributed by atoms with Crippen molar-refractivity contribution in [3.63, 3.8) is 0 Å². The minimum Gasteiger partial charge on any atom is -0.339 e. The predicted octanol–water partition coefficient (Wildman–Crippen LogP) is 2.47. The number of hydrogen-bond donors (Lipinski definition) is 2. The molecule has 0 radical (unpaired) electrons. The van der Waals surface area contributed by atoms with Crippen LogP contribution in [0, 0.1) is 5.92 Å². The quantitative estimate of drug-likeness (QED) is 0.787. The van der Waals surface area contributed by atoms with Gasteiger partial charge < -0.3 is 10.2 Å². The summed E-state index contributed by atoms with van der Waals surface area (Å²) in [5, 5.41) is 3.94. The summed E-state index contributed by atoms with van der Waals surface area (Å²) in [6.45, 7) is 0.853. The normalized spacial score (nSPS) is 22.1. The maximum Gasteiger partial charge on any atom is 0.256 e. The second kappa shape index (κ2) is 6.81. The van der Waals surface area contributed by atoms with Crippen molar-refractivity contribution < 1.29 is 18.0 Å². The van der Waals surface area contributed by atoms with E-state index >= 15 is 0 Å². The van der Waals surface area contributed by atoms with Crippen molar-refractivity contribution >= 4 is 38.3 Å². The van der Waals surface area contributed by atoms with Gasteiger partial charge in [-0.2, -0.15) is 0 Å². The molecule has 8 heteroatoms. The molecule has 152 valence electrons. The maximum atomic E-state index is 13.0. The van der Waals surface area contributed by atoms with E-state index in [0.717, 1.165) is 25.7 Å². The highest BCUT2D eigenvalue weighted by atomic mass is 32.2. The summed E-state index contributed by atoms with van der Waals surface area (Å²) < 4.78 is 28.8. The number of carbonyl (C=O) groups is 2. The molecule has 7 nitrogen and oxygen atoms in total. The summed E-state index contributed by atoms with van der Waals surface area (Å²) in [4.78, 5) is 26.5. The maximum absolute atomic E-state index is 13.0. The minimum atomic E-state index is -3.77.